The first-order valence-electron chi connectivity index (χ1n) is 8.69. The van der Waals surface area contributed by atoms with Crippen molar-refractivity contribution in [2.75, 3.05) is 14.2 Å². The van der Waals surface area contributed by atoms with Gasteiger partial charge in [0.1, 0.15) is 0 Å². The van der Waals surface area contributed by atoms with Gasteiger partial charge in [-0.2, -0.15) is 13.2 Å². The zero-order chi connectivity index (χ0) is 22.1. The van der Waals surface area contributed by atoms with E-state index in [4.69, 9.17) is 9.47 Å². The average molecular weight is 408 g/mol. The fourth-order valence-electron chi connectivity index (χ4n) is 2.42. The van der Waals surface area contributed by atoms with Gasteiger partial charge in [-0.15, -0.1) is 0 Å². The molecular formula is C22H23F3O4. The predicted molar refractivity (Wildman–Crippen MR) is 103 cm³/mol. The van der Waals surface area contributed by atoms with Crippen LogP contribution in [0.2, 0.25) is 0 Å². The Labute approximate surface area is 168 Å². The maximum absolute atomic E-state index is 12.6. The number of esters is 2. The van der Waals surface area contributed by atoms with E-state index in [0.29, 0.717) is 5.56 Å². The third-order valence-corrected chi connectivity index (χ3v) is 4.10. The number of hydrogen-bond donors (Lipinski definition) is 0. The van der Waals surface area contributed by atoms with Gasteiger partial charge in [-0.1, -0.05) is 35.6 Å². The van der Waals surface area contributed by atoms with Crippen molar-refractivity contribution in [2.45, 2.75) is 32.9 Å². The van der Waals surface area contributed by atoms with Gasteiger partial charge in [0.25, 0.3) is 0 Å². The first-order valence-corrected chi connectivity index (χ1v) is 8.69. The molecule has 156 valence electrons. The van der Waals surface area contributed by atoms with Gasteiger partial charge in [0, 0.05) is 6.42 Å². The van der Waals surface area contributed by atoms with Crippen LogP contribution in [0.5, 0.6) is 0 Å². The summed E-state index contributed by atoms with van der Waals surface area (Å²) in [4.78, 5) is 24.6. The number of allylic oxidation sites excluding steroid dienone is 3. The first kappa shape index (κ1) is 24.0. The molecule has 0 amide bonds. The molecule has 1 aromatic rings. The molecule has 7 heteroatoms. The fraction of sp³-hybridized carbons (Fsp3) is 0.364. The van der Waals surface area contributed by atoms with Crippen LogP contribution in [0, 0.1) is 17.3 Å². The number of benzene rings is 1. The standard InChI is InChI=1S/C22H23F3O4/c1-16(2)13-15-21(19(26)28-3,20(27)29-4)14-7-5-6-8-17-9-11-18(12-10-17)22(23,24)25/h6,8-13H,14-15H2,1-4H3/b8-6+. The molecular weight excluding hydrogens is 385 g/mol. The third kappa shape index (κ3) is 6.83. The zero-order valence-corrected chi connectivity index (χ0v) is 16.7. The van der Waals surface area contributed by atoms with Gasteiger partial charge in [0.15, 0.2) is 5.41 Å². The molecule has 0 aliphatic heterocycles. The zero-order valence-electron chi connectivity index (χ0n) is 16.7. The first-order chi connectivity index (χ1) is 13.6. The highest BCUT2D eigenvalue weighted by Gasteiger charge is 2.47. The molecule has 0 bridgehead atoms. The van der Waals surface area contributed by atoms with Gasteiger partial charge >= 0.3 is 18.1 Å². The second-order valence-electron chi connectivity index (χ2n) is 6.50. The summed E-state index contributed by atoms with van der Waals surface area (Å²) >= 11 is 0. The number of alkyl halides is 3. The Bertz CT molecular complexity index is 818. The van der Waals surface area contributed by atoms with E-state index in [0.717, 1.165) is 17.7 Å². The summed E-state index contributed by atoms with van der Waals surface area (Å²) in [6.45, 7) is 3.66. The quantitative estimate of drug-likeness (QED) is 0.294. The molecule has 0 heterocycles. The van der Waals surface area contributed by atoms with Crippen molar-refractivity contribution in [3.05, 3.63) is 53.1 Å². The Kier molecular flexibility index (Phi) is 8.71. The van der Waals surface area contributed by atoms with E-state index < -0.39 is 29.1 Å². The molecule has 0 unspecified atom stereocenters. The number of ether oxygens (including phenoxy) is 2. The molecule has 0 atom stereocenters. The normalized spacial score (nSPS) is 11.4. The van der Waals surface area contributed by atoms with Crippen molar-refractivity contribution >= 4 is 18.0 Å². The van der Waals surface area contributed by atoms with Crippen LogP contribution in [0.1, 0.15) is 37.8 Å². The Morgan fingerprint density at radius 2 is 1.59 bits per heavy atom. The SMILES string of the molecule is COC(=O)C(CC#C/C=C/c1ccc(C(F)(F)F)cc1)(CC=C(C)C)C(=O)OC. The third-order valence-electron chi connectivity index (χ3n) is 4.10. The lowest BCUT2D eigenvalue weighted by molar-refractivity contribution is -0.168. The predicted octanol–water partition coefficient (Wildman–Crippen LogP) is 4.80. The minimum Gasteiger partial charge on any atom is -0.468 e. The smallest absolute Gasteiger partial charge is 0.416 e. The summed E-state index contributed by atoms with van der Waals surface area (Å²) in [5.41, 5.74) is -0.877. The van der Waals surface area contributed by atoms with Gasteiger partial charge < -0.3 is 9.47 Å². The Hall–Kier alpha value is -3.01. The van der Waals surface area contributed by atoms with Crippen LogP contribution < -0.4 is 0 Å². The van der Waals surface area contributed by atoms with Gasteiger partial charge in [0.2, 0.25) is 0 Å². The highest BCUT2D eigenvalue weighted by Crippen LogP contribution is 2.31. The molecule has 0 aliphatic rings. The summed E-state index contributed by atoms with van der Waals surface area (Å²) in [5.74, 6) is 3.93. The van der Waals surface area contributed by atoms with Gasteiger partial charge in [-0.25, -0.2) is 0 Å². The summed E-state index contributed by atoms with van der Waals surface area (Å²) < 4.78 is 47.3. The van der Waals surface area contributed by atoms with Crippen LogP contribution in [0.3, 0.4) is 0 Å². The second kappa shape index (κ2) is 10.5. The molecule has 0 aliphatic carbocycles. The number of carbonyl (C=O) groups is 2. The number of carbonyl (C=O) groups excluding carboxylic acids is 2. The van der Waals surface area contributed by atoms with Crippen LogP contribution in [0.4, 0.5) is 13.2 Å². The molecule has 0 N–H and O–H groups in total. The Morgan fingerprint density at radius 3 is 2.03 bits per heavy atom. The fourth-order valence-corrected chi connectivity index (χ4v) is 2.42. The Balaban J connectivity index is 3.01. The van der Waals surface area contributed by atoms with Gasteiger partial charge in [0.05, 0.1) is 19.8 Å². The van der Waals surface area contributed by atoms with Crippen molar-refractivity contribution in [3.8, 4) is 11.8 Å². The van der Waals surface area contributed by atoms with E-state index >= 15 is 0 Å². The summed E-state index contributed by atoms with van der Waals surface area (Å²) in [6, 6.07) is 4.60. The van der Waals surface area contributed by atoms with Crippen LogP contribution in [-0.4, -0.2) is 26.2 Å². The summed E-state index contributed by atoms with van der Waals surface area (Å²) in [6.07, 6.45) is 0.246. The monoisotopic (exact) mass is 408 g/mol. The molecule has 4 nitrogen and oxygen atoms in total. The van der Waals surface area contributed by atoms with E-state index in [1.54, 1.807) is 6.08 Å². The van der Waals surface area contributed by atoms with Crippen molar-refractivity contribution in [1.82, 2.24) is 0 Å². The van der Waals surface area contributed by atoms with Crippen molar-refractivity contribution in [3.63, 3.8) is 0 Å². The molecule has 1 aromatic carbocycles. The molecule has 0 aromatic heterocycles. The van der Waals surface area contributed by atoms with Crippen molar-refractivity contribution in [2.24, 2.45) is 5.41 Å². The lowest BCUT2D eigenvalue weighted by Crippen LogP contribution is -2.40. The van der Waals surface area contributed by atoms with Crippen LogP contribution in [0.25, 0.3) is 6.08 Å². The minimum absolute atomic E-state index is 0.0754. The number of methoxy groups -OCH3 is 2. The summed E-state index contributed by atoms with van der Waals surface area (Å²) in [7, 11) is 2.36. The summed E-state index contributed by atoms with van der Waals surface area (Å²) in [5, 5.41) is 0. The number of hydrogen-bond acceptors (Lipinski definition) is 4. The molecule has 1 rings (SSSR count). The molecule has 0 radical (unpaired) electrons. The minimum atomic E-state index is -4.39. The van der Waals surface area contributed by atoms with E-state index in [1.165, 1.54) is 38.5 Å². The van der Waals surface area contributed by atoms with E-state index in [-0.39, 0.29) is 12.8 Å². The second-order valence-corrected chi connectivity index (χ2v) is 6.50. The van der Waals surface area contributed by atoms with Crippen molar-refractivity contribution < 1.29 is 32.2 Å². The molecule has 29 heavy (non-hydrogen) atoms. The highest BCUT2D eigenvalue weighted by molar-refractivity contribution is 6.00. The van der Waals surface area contributed by atoms with Gasteiger partial charge in [-0.3, -0.25) is 9.59 Å². The lowest BCUT2D eigenvalue weighted by atomic mass is 9.80. The number of rotatable bonds is 6. The van der Waals surface area contributed by atoms with Crippen LogP contribution in [0.15, 0.2) is 42.0 Å². The maximum atomic E-state index is 12.6. The highest BCUT2D eigenvalue weighted by atomic mass is 19.4. The topological polar surface area (TPSA) is 52.6 Å². The average Bonchev–Trinajstić information content (AvgIpc) is 2.68. The molecule has 0 saturated carbocycles. The molecule has 0 fully saturated rings. The van der Waals surface area contributed by atoms with E-state index in [1.807, 2.05) is 13.8 Å². The largest absolute Gasteiger partial charge is 0.468 e. The van der Waals surface area contributed by atoms with E-state index in [9.17, 15) is 22.8 Å². The Morgan fingerprint density at radius 1 is 1.03 bits per heavy atom. The maximum Gasteiger partial charge on any atom is 0.416 e. The molecule has 0 spiro atoms. The van der Waals surface area contributed by atoms with Crippen LogP contribution >= 0.6 is 0 Å². The lowest BCUT2D eigenvalue weighted by Gasteiger charge is -2.25. The number of halogens is 3. The van der Waals surface area contributed by atoms with Gasteiger partial charge in [-0.05, 0) is 50.1 Å². The van der Waals surface area contributed by atoms with E-state index in [2.05, 4.69) is 11.8 Å². The van der Waals surface area contributed by atoms with Crippen LogP contribution in [-0.2, 0) is 25.2 Å². The van der Waals surface area contributed by atoms with Crippen molar-refractivity contribution in [1.29, 1.82) is 0 Å². The molecule has 0 saturated heterocycles.